The van der Waals surface area contributed by atoms with Gasteiger partial charge in [-0.3, -0.25) is 0 Å². The average Bonchev–Trinajstić information content (AvgIpc) is 2.30. The molecule has 0 unspecified atom stereocenters. The fourth-order valence-corrected chi connectivity index (χ4v) is 1.79. The Bertz CT molecular complexity index is 535. The van der Waals surface area contributed by atoms with E-state index in [-0.39, 0.29) is 0 Å². The van der Waals surface area contributed by atoms with Crippen LogP contribution >= 0.6 is 0 Å². The Morgan fingerprint density at radius 1 is 1.25 bits per heavy atom. The summed E-state index contributed by atoms with van der Waals surface area (Å²) in [4.78, 5) is 0. The third kappa shape index (κ3) is 2.24. The molecule has 2 rings (SSSR count). The SMILES string of the molecule is C#CCOCc1ccc2cccc(C)c2c1. The Morgan fingerprint density at radius 3 is 2.94 bits per heavy atom. The van der Waals surface area contributed by atoms with Crippen molar-refractivity contribution < 1.29 is 4.74 Å². The highest BCUT2D eigenvalue weighted by Crippen LogP contribution is 2.20. The fourth-order valence-electron chi connectivity index (χ4n) is 1.79. The molecule has 0 heterocycles. The molecule has 0 atom stereocenters. The van der Waals surface area contributed by atoms with Gasteiger partial charge in [0.25, 0.3) is 0 Å². The maximum absolute atomic E-state index is 5.32. The Labute approximate surface area is 96.1 Å². The van der Waals surface area contributed by atoms with E-state index in [2.05, 4.69) is 49.2 Å². The lowest BCUT2D eigenvalue weighted by Gasteiger charge is -2.05. The van der Waals surface area contributed by atoms with E-state index < -0.39 is 0 Å². The normalized spacial score (nSPS) is 10.2. The molecule has 0 bridgehead atoms. The lowest BCUT2D eigenvalue weighted by molar-refractivity contribution is 0.153. The summed E-state index contributed by atoms with van der Waals surface area (Å²) in [5, 5.41) is 2.55. The molecule has 0 aromatic heterocycles. The van der Waals surface area contributed by atoms with Gasteiger partial charge in [0.15, 0.2) is 0 Å². The number of aryl methyl sites for hydroxylation is 1. The van der Waals surface area contributed by atoms with Gasteiger partial charge in [-0.05, 0) is 34.9 Å². The smallest absolute Gasteiger partial charge is 0.107 e. The van der Waals surface area contributed by atoms with Crippen molar-refractivity contribution >= 4 is 10.8 Å². The van der Waals surface area contributed by atoms with Gasteiger partial charge in [-0.15, -0.1) is 6.42 Å². The third-order valence-electron chi connectivity index (χ3n) is 2.62. The Morgan fingerprint density at radius 2 is 2.12 bits per heavy atom. The lowest BCUT2D eigenvalue weighted by atomic mass is 10.0. The minimum atomic E-state index is 0.367. The van der Waals surface area contributed by atoms with Crippen molar-refractivity contribution in [2.24, 2.45) is 0 Å². The van der Waals surface area contributed by atoms with E-state index in [9.17, 15) is 0 Å². The van der Waals surface area contributed by atoms with Crippen LogP contribution in [0.4, 0.5) is 0 Å². The molecule has 1 heteroatoms. The van der Waals surface area contributed by atoms with Crippen molar-refractivity contribution in [3.05, 3.63) is 47.5 Å². The highest BCUT2D eigenvalue weighted by Gasteiger charge is 1.98. The predicted molar refractivity (Wildman–Crippen MR) is 67.2 cm³/mol. The van der Waals surface area contributed by atoms with E-state index in [0.717, 1.165) is 5.56 Å². The maximum atomic E-state index is 5.32. The van der Waals surface area contributed by atoms with Crippen molar-refractivity contribution in [2.45, 2.75) is 13.5 Å². The van der Waals surface area contributed by atoms with Crippen molar-refractivity contribution in [1.82, 2.24) is 0 Å². The summed E-state index contributed by atoms with van der Waals surface area (Å²) in [6, 6.07) is 12.7. The minimum Gasteiger partial charge on any atom is -0.364 e. The van der Waals surface area contributed by atoms with Gasteiger partial charge in [0.1, 0.15) is 6.61 Å². The van der Waals surface area contributed by atoms with Gasteiger partial charge in [-0.1, -0.05) is 36.3 Å². The number of benzene rings is 2. The fraction of sp³-hybridized carbons (Fsp3) is 0.200. The highest BCUT2D eigenvalue weighted by atomic mass is 16.5. The van der Waals surface area contributed by atoms with Crippen LogP contribution in [0.2, 0.25) is 0 Å². The monoisotopic (exact) mass is 210 g/mol. The van der Waals surface area contributed by atoms with E-state index in [0.29, 0.717) is 13.2 Å². The summed E-state index contributed by atoms with van der Waals surface area (Å²) >= 11 is 0. The van der Waals surface area contributed by atoms with E-state index in [4.69, 9.17) is 11.2 Å². The molecule has 0 N–H and O–H groups in total. The van der Waals surface area contributed by atoms with E-state index >= 15 is 0 Å². The lowest BCUT2D eigenvalue weighted by Crippen LogP contribution is -1.93. The number of ether oxygens (including phenoxy) is 1. The second kappa shape index (κ2) is 4.83. The van der Waals surface area contributed by atoms with Crippen molar-refractivity contribution in [1.29, 1.82) is 0 Å². The van der Waals surface area contributed by atoms with Crippen molar-refractivity contribution in [3.63, 3.8) is 0 Å². The summed E-state index contributed by atoms with van der Waals surface area (Å²) in [7, 11) is 0. The minimum absolute atomic E-state index is 0.367. The number of terminal acetylenes is 1. The van der Waals surface area contributed by atoms with Crippen LogP contribution in [0.25, 0.3) is 10.8 Å². The predicted octanol–water partition coefficient (Wildman–Crippen LogP) is 3.30. The van der Waals surface area contributed by atoms with Gasteiger partial charge in [0.2, 0.25) is 0 Å². The van der Waals surface area contributed by atoms with E-state index in [1.165, 1.54) is 16.3 Å². The average molecular weight is 210 g/mol. The van der Waals surface area contributed by atoms with Gasteiger partial charge in [0, 0.05) is 0 Å². The molecule has 0 amide bonds. The van der Waals surface area contributed by atoms with Crippen molar-refractivity contribution in [3.8, 4) is 12.3 Å². The molecule has 0 saturated carbocycles. The molecule has 0 fully saturated rings. The van der Waals surface area contributed by atoms with Crippen LogP contribution in [0.1, 0.15) is 11.1 Å². The second-order valence-corrected chi connectivity index (χ2v) is 3.83. The van der Waals surface area contributed by atoms with Gasteiger partial charge in [0.05, 0.1) is 6.61 Å². The molecule has 0 aliphatic heterocycles. The quantitative estimate of drug-likeness (QED) is 0.558. The largest absolute Gasteiger partial charge is 0.364 e. The van der Waals surface area contributed by atoms with Gasteiger partial charge in [-0.25, -0.2) is 0 Å². The summed E-state index contributed by atoms with van der Waals surface area (Å²) < 4.78 is 5.32. The standard InChI is InChI=1S/C15H14O/c1-3-9-16-11-13-7-8-14-6-4-5-12(2)15(14)10-13/h1,4-8,10H,9,11H2,2H3. The molecule has 0 radical (unpaired) electrons. The molecule has 1 nitrogen and oxygen atoms in total. The zero-order valence-corrected chi connectivity index (χ0v) is 9.36. The number of hydrogen-bond acceptors (Lipinski definition) is 1. The molecule has 0 saturated heterocycles. The second-order valence-electron chi connectivity index (χ2n) is 3.83. The van der Waals surface area contributed by atoms with Crippen LogP contribution in [0.15, 0.2) is 36.4 Å². The topological polar surface area (TPSA) is 9.23 Å². The molecule has 0 aliphatic rings. The molecular weight excluding hydrogens is 196 g/mol. The zero-order chi connectivity index (χ0) is 11.4. The first-order chi connectivity index (χ1) is 7.81. The summed E-state index contributed by atoms with van der Waals surface area (Å²) in [5.41, 5.74) is 2.45. The van der Waals surface area contributed by atoms with Gasteiger partial charge >= 0.3 is 0 Å². The molecule has 16 heavy (non-hydrogen) atoms. The molecule has 2 aromatic rings. The Kier molecular flexibility index (Phi) is 3.24. The third-order valence-corrected chi connectivity index (χ3v) is 2.62. The first kappa shape index (κ1) is 10.7. The van der Waals surface area contributed by atoms with Gasteiger partial charge < -0.3 is 4.74 Å². The molecule has 80 valence electrons. The van der Waals surface area contributed by atoms with Crippen LogP contribution in [0.5, 0.6) is 0 Å². The van der Waals surface area contributed by atoms with Crippen LogP contribution in [-0.2, 0) is 11.3 Å². The van der Waals surface area contributed by atoms with Crippen LogP contribution < -0.4 is 0 Å². The highest BCUT2D eigenvalue weighted by molar-refractivity contribution is 5.86. The number of rotatable bonds is 3. The van der Waals surface area contributed by atoms with Crippen LogP contribution in [0.3, 0.4) is 0 Å². The Hall–Kier alpha value is -1.78. The summed E-state index contributed by atoms with van der Waals surface area (Å²) in [5.74, 6) is 2.46. The summed E-state index contributed by atoms with van der Waals surface area (Å²) in [6.45, 7) is 3.06. The molecule has 0 spiro atoms. The first-order valence-corrected chi connectivity index (χ1v) is 5.31. The summed E-state index contributed by atoms with van der Waals surface area (Å²) in [6.07, 6.45) is 5.13. The van der Waals surface area contributed by atoms with Crippen molar-refractivity contribution in [2.75, 3.05) is 6.61 Å². The molecule has 0 aliphatic carbocycles. The maximum Gasteiger partial charge on any atom is 0.107 e. The van der Waals surface area contributed by atoms with Gasteiger partial charge in [-0.2, -0.15) is 0 Å². The first-order valence-electron chi connectivity index (χ1n) is 5.31. The number of hydrogen-bond donors (Lipinski definition) is 0. The molecule has 2 aromatic carbocycles. The van der Waals surface area contributed by atoms with E-state index in [1.54, 1.807) is 0 Å². The van der Waals surface area contributed by atoms with E-state index in [1.807, 2.05) is 0 Å². The van der Waals surface area contributed by atoms with Crippen LogP contribution in [-0.4, -0.2) is 6.61 Å². The zero-order valence-electron chi connectivity index (χ0n) is 9.36. The number of fused-ring (bicyclic) bond motifs is 1. The Balaban J connectivity index is 2.29. The molecular formula is C15H14O. The van der Waals surface area contributed by atoms with Crippen LogP contribution in [0, 0.1) is 19.3 Å².